The van der Waals surface area contributed by atoms with Gasteiger partial charge in [0.05, 0.1) is 12.4 Å². The molecule has 0 saturated heterocycles. The maximum absolute atomic E-state index is 13.0. The first-order valence-electron chi connectivity index (χ1n) is 5.55. The van der Waals surface area contributed by atoms with Gasteiger partial charge in [-0.2, -0.15) is 0 Å². The summed E-state index contributed by atoms with van der Waals surface area (Å²) >= 11 is 0. The van der Waals surface area contributed by atoms with Gasteiger partial charge in [0.15, 0.2) is 0 Å². The van der Waals surface area contributed by atoms with Crippen LogP contribution in [0.15, 0.2) is 22.9 Å². The van der Waals surface area contributed by atoms with E-state index in [1.54, 1.807) is 20.0 Å². The van der Waals surface area contributed by atoms with E-state index in [0.29, 0.717) is 11.7 Å². The molecule has 1 atom stereocenters. The number of carboxylic acid groups (broad SMARTS) is 1. The number of pyridine rings is 1. The lowest BCUT2D eigenvalue weighted by molar-refractivity contribution is 0.0697. The number of carbonyl (C=O) groups is 1. The summed E-state index contributed by atoms with van der Waals surface area (Å²) < 4.78 is 18.3. The highest BCUT2D eigenvalue weighted by Gasteiger charge is 2.17. The van der Waals surface area contributed by atoms with Crippen LogP contribution < -0.4 is 5.32 Å². The number of nitrogens with zero attached hydrogens (tertiary/aromatic N) is 2. The molecule has 0 bridgehead atoms. The molecule has 0 amide bonds. The molecular formula is C12H12FN3O3. The van der Waals surface area contributed by atoms with Crippen molar-refractivity contribution in [1.29, 1.82) is 0 Å². The number of anilines is 1. The third-order valence-electron chi connectivity index (χ3n) is 2.45. The van der Waals surface area contributed by atoms with Crippen LogP contribution in [0, 0.1) is 12.7 Å². The Morgan fingerprint density at radius 1 is 1.47 bits per heavy atom. The Labute approximate surface area is 108 Å². The van der Waals surface area contributed by atoms with Crippen molar-refractivity contribution in [1.82, 2.24) is 9.97 Å². The number of oxazole rings is 1. The monoisotopic (exact) mass is 265 g/mol. The number of rotatable bonds is 4. The summed E-state index contributed by atoms with van der Waals surface area (Å²) in [5, 5.41) is 11.8. The van der Waals surface area contributed by atoms with Crippen molar-refractivity contribution in [2.24, 2.45) is 0 Å². The quantitative estimate of drug-likeness (QED) is 0.882. The van der Waals surface area contributed by atoms with Crippen LogP contribution in [0.2, 0.25) is 0 Å². The van der Waals surface area contributed by atoms with Gasteiger partial charge < -0.3 is 14.8 Å². The van der Waals surface area contributed by atoms with Crippen LogP contribution in [0.4, 0.5) is 10.2 Å². The highest BCUT2D eigenvalue weighted by Crippen LogP contribution is 2.21. The second-order valence-corrected chi connectivity index (χ2v) is 4.03. The van der Waals surface area contributed by atoms with Crippen LogP contribution in [0.25, 0.3) is 0 Å². The first-order chi connectivity index (χ1) is 8.97. The predicted molar refractivity (Wildman–Crippen MR) is 64.4 cm³/mol. The minimum Gasteiger partial charge on any atom is -0.478 e. The molecule has 6 nitrogen and oxygen atoms in total. The molecule has 0 aromatic carbocycles. The molecule has 2 aromatic rings. The topological polar surface area (TPSA) is 88.2 Å². The van der Waals surface area contributed by atoms with Crippen molar-refractivity contribution in [2.75, 3.05) is 5.32 Å². The number of hydrogen-bond donors (Lipinski definition) is 2. The van der Waals surface area contributed by atoms with Crippen LogP contribution in [-0.4, -0.2) is 21.0 Å². The van der Waals surface area contributed by atoms with Crippen LogP contribution in [-0.2, 0) is 0 Å². The van der Waals surface area contributed by atoms with E-state index in [-0.39, 0.29) is 17.4 Å². The van der Waals surface area contributed by atoms with Gasteiger partial charge in [-0.1, -0.05) is 0 Å². The number of hydrogen-bond acceptors (Lipinski definition) is 5. The summed E-state index contributed by atoms with van der Waals surface area (Å²) in [6.45, 7) is 3.49. The van der Waals surface area contributed by atoms with E-state index in [0.717, 1.165) is 12.3 Å². The largest absolute Gasteiger partial charge is 0.478 e. The fourth-order valence-corrected chi connectivity index (χ4v) is 1.56. The maximum atomic E-state index is 13.0. The molecule has 1 unspecified atom stereocenters. The van der Waals surface area contributed by atoms with E-state index in [9.17, 15) is 9.18 Å². The van der Waals surface area contributed by atoms with Crippen molar-refractivity contribution in [2.45, 2.75) is 19.9 Å². The van der Waals surface area contributed by atoms with E-state index >= 15 is 0 Å². The highest BCUT2D eigenvalue weighted by atomic mass is 19.1. The van der Waals surface area contributed by atoms with E-state index in [1.165, 1.54) is 0 Å². The van der Waals surface area contributed by atoms with Crippen molar-refractivity contribution in [3.05, 3.63) is 41.5 Å². The van der Waals surface area contributed by atoms with E-state index in [1.807, 2.05) is 0 Å². The first kappa shape index (κ1) is 13.0. The number of aromatic nitrogens is 2. The van der Waals surface area contributed by atoms with Crippen LogP contribution in [0.5, 0.6) is 0 Å². The molecule has 0 aliphatic carbocycles. The smallest absolute Gasteiger partial charge is 0.339 e. The third kappa shape index (κ3) is 2.87. The number of aryl methyl sites for hydroxylation is 1. The molecule has 0 spiro atoms. The normalized spacial score (nSPS) is 12.2. The van der Waals surface area contributed by atoms with Gasteiger partial charge in [-0.15, -0.1) is 0 Å². The van der Waals surface area contributed by atoms with Crippen LogP contribution in [0.1, 0.15) is 35.0 Å². The Morgan fingerprint density at radius 3 is 2.79 bits per heavy atom. The molecule has 0 radical (unpaired) electrons. The molecule has 100 valence electrons. The zero-order valence-electron chi connectivity index (χ0n) is 10.3. The second kappa shape index (κ2) is 5.05. The standard InChI is InChI=1S/C12H12FN3O3/c1-6-4-15-11(19-6)7(2)16-10-9(12(17)18)3-8(13)5-14-10/h3-5,7H,1-2H3,(H,14,16)(H,17,18). The molecule has 2 aromatic heterocycles. The molecule has 2 N–H and O–H groups in total. The van der Waals surface area contributed by atoms with Crippen molar-refractivity contribution >= 4 is 11.8 Å². The summed E-state index contributed by atoms with van der Waals surface area (Å²) in [6, 6.07) is 0.523. The van der Waals surface area contributed by atoms with Gasteiger partial charge in [0.2, 0.25) is 5.89 Å². The summed E-state index contributed by atoms with van der Waals surface area (Å²) in [6.07, 6.45) is 2.51. The van der Waals surface area contributed by atoms with Gasteiger partial charge in [-0.3, -0.25) is 0 Å². The van der Waals surface area contributed by atoms with Crippen LogP contribution in [0.3, 0.4) is 0 Å². The van der Waals surface area contributed by atoms with Crippen molar-refractivity contribution in [3.8, 4) is 0 Å². The maximum Gasteiger partial charge on any atom is 0.339 e. The SMILES string of the molecule is Cc1cnc(C(C)Nc2ncc(F)cc2C(=O)O)o1. The summed E-state index contributed by atoms with van der Waals surface area (Å²) in [7, 11) is 0. The molecule has 0 fully saturated rings. The molecule has 2 heterocycles. The fraction of sp³-hybridized carbons (Fsp3) is 0.250. The average molecular weight is 265 g/mol. The van der Waals surface area contributed by atoms with Gasteiger partial charge in [-0.25, -0.2) is 19.2 Å². The third-order valence-corrected chi connectivity index (χ3v) is 2.45. The molecule has 2 rings (SSSR count). The number of nitrogens with one attached hydrogen (secondary N) is 1. The Morgan fingerprint density at radius 2 is 2.21 bits per heavy atom. The van der Waals surface area contributed by atoms with Gasteiger partial charge in [0.25, 0.3) is 0 Å². The Kier molecular flexibility index (Phi) is 3.46. The Bertz CT molecular complexity index is 612. The lowest BCUT2D eigenvalue weighted by Crippen LogP contribution is -2.13. The van der Waals surface area contributed by atoms with Gasteiger partial charge in [0.1, 0.15) is 29.0 Å². The zero-order chi connectivity index (χ0) is 14.0. The van der Waals surface area contributed by atoms with Gasteiger partial charge in [-0.05, 0) is 19.9 Å². The number of aromatic carboxylic acids is 1. The van der Waals surface area contributed by atoms with Crippen molar-refractivity contribution in [3.63, 3.8) is 0 Å². The number of carboxylic acids is 1. The van der Waals surface area contributed by atoms with Crippen molar-refractivity contribution < 1.29 is 18.7 Å². The second-order valence-electron chi connectivity index (χ2n) is 4.03. The molecule has 0 aliphatic rings. The fourth-order valence-electron chi connectivity index (χ4n) is 1.56. The lowest BCUT2D eigenvalue weighted by Gasteiger charge is -2.12. The molecule has 0 saturated carbocycles. The first-order valence-corrected chi connectivity index (χ1v) is 5.55. The van der Waals surface area contributed by atoms with E-state index in [2.05, 4.69) is 15.3 Å². The predicted octanol–water partition coefficient (Wildman–Crippen LogP) is 2.39. The van der Waals surface area contributed by atoms with E-state index in [4.69, 9.17) is 9.52 Å². The molecule has 7 heteroatoms. The average Bonchev–Trinajstić information content (AvgIpc) is 2.78. The number of halogens is 1. The van der Waals surface area contributed by atoms with Gasteiger partial charge in [0, 0.05) is 0 Å². The minimum atomic E-state index is -1.26. The zero-order valence-corrected chi connectivity index (χ0v) is 10.3. The highest BCUT2D eigenvalue weighted by molar-refractivity contribution is 5.93. The molecular weight excluding hydrogens is 253 g/mol. The lowest BCUT2D eigenvalue weighted by atomic mass is 10.2. The molecule has 0 aliphatic heterocycles. The van der Waals surface area contributed by atoms with Crippen LogP contribution >= 0.6 is 0 Å². The van der Waals surface area contributed by atoms with E-state index < -0.39 is 11.8 Å². The summed E-state index contributed by atoms with van der Waals surface area (Å²) in [4.78, 5) is 18.8. The summed E-state index contributed by atoms with van der Waals surface area (Å²) in [5.41, 5.74) is -0.241. The minimum absolute atomic E-state index is 0.0669. The Balaban J connectivity index is 2.26. The van der Waals surface area contributed by atoms with Gasteiger partial charge >= 0.3 is 5.97 Å². The Hall–Kier alpha value is -2.44. The summed E-state index contributed by atoms with van der Waals surface area (Å²) in [5.74, 6) is -0.848. The molecule has 19 heavy (non-hydrogen) atoms.